The van der Waals surface area contributed by atoms with Crippen LogP contribution >= 0.6 is 11.5 Å². The topological polar surface area (TPSA) is 64.1 Å². The Morgan fingerprint density at radius 3 is 2.79 bits per heavy atom. The Kier molecular flexibility index (Phi) is 4.40. The van der Waals surface area contributed by atoms with Crippen LogP contribution in [0.4, 0.5) is 5.82 Å². The van der Waals surface area contributed by atoms with Crippen molar-refractivity contribution in [2.75, 3.05) is 44.5 Å². The van der Waals surface area contributed by atoms with Crippen molar-refractivity contribution in [3.05, 3.63) is 42.5 Å². The molecule has 144 valence electrons. The van der Waals surface area contributed by atoms with Crippen LogP contribution in [0.5, 0.6) is 17.2 Å². The number of hydrogen-bond donors (Lipinski definition) is 0. The van der Waals surface area contributed by atoms with Crippen molar-refractivity contribution in [1.82, 2.24) is 9.27 Å². The van der Waals surface area contributed by atoms with E-state index in [2.05, 4.69) is 21.4 Å². The van der Waals surface area contributed by atoms with Crippen LogP contribution in [0.25, 0.3) is 10.1 Å². The maximum Gasteiger partial charge on any atom is 0.260 e. The second-order valence-electron chi connectivity index (χ2n) is 6.67. The van der Waals surface area contributed by atoms with Gasteiger partial charge in [-0.1, -0.05) is 12.1 Å². The van der Waals surface area contributed by atoms with E-state index in [0.29, 0.717) is 30.3 Å². The fraction of sp³-hybridized carbons (Fsp3) is 0.300. The number of anilines is 1. The zero-order valence-corrected chi connectivity index (χ0v) is 16.0. The van der Waals surface area contributed by atoms with E-state index >= 15 is 0 Å². The molecule has 2 aliphatic heterocycles. The molecule has 1 amide bonds. The van der Waals surface area contributed by atoms with Gasteiger partial charge in [-0.2, -0.15) is 4.37 Å². The van der Waals surface area contributed by atoms with Crippen LogP contribution in [0.15, 0.2) is 42.5 Å². The van der Waals surface area contributed by atoms with Crippen LogP contribution in [0.2, 0.25) is 0 Å². The SMILES string of the molecule is O=C(COc1ccc2c(c1)OCO2)N1CCN(c2nsc3ccccc23)CC1. The molecular formula is C20H19N3O4S. The average Bonchev–Trinajstić information content (AvgIpc) is 3.38. The van der Waals surface area contributed by atoms with Crippen LogP contribution in [-0.4, -0.2) is 54.8 Å². The van der Waals surface area contributed by atoms with E-state index in [0.717, 1.165) is 18.9 Å². The van der Waals surface area contributed by atoms with Gasteiger partial charge in [0.2, 0.25) is 6.79 Å². The minimum absolute atomic E-state index is 0.0132. The minimum atomic E-state index is -0.0135. The molecule has 3 heterocycles. The lowest BCUT2D eigenvalue weighted by molar-refractivity contribution is -0.133. The molecule has 0 N–H and O–H groups in total. The van der Waals surface area contributed by atoms with Crippen molar-refractivity contribution >= 4 is 33.3 Å². The highest BCUT2D eigenvalue weighted by Crippen LogP contribution is 2.35. The lowest BCUT2D eigenvalue weighted by Crippen LogP contribution is -2.50. The summed E-state index contributed by atoms with van der Waals surface area (Å²) in [4.78, 5) is 16.6. The Balaban J connectivity index is 1.17. The third kappa shape index (κ3) is 3.20. The molecule has 1 aromatic heterocycles. The smallest absolute Gasteiger partial charge is 0.260 e. The fourth-order valence-electron chi connectivity index (χ4n) is 3.47. The molecule has 7 nitrogen and oxygen atoms in total. The molecule has 3 aromatic rings. The largest absolute Gasteiger partial charge is 0.484 e. The van der Waals surface area contributed by atoms with E-state index in [9.17, 15) is 4.79 Å². The maximum atomic E-state index is 12.5. The molecule has 1 saturated heterocycles. The van der Waals surface area contributed by atoms with E-state index < -0.39 is 0 Å². The highest BCUT2D eigenvalue weighted by atomic mass is 32.1. The molecule has 2 aromatic carbocycles. The van der Waals surface area contributed by atoms with E-state index in [4.69, 9.17) is 14.2 Å². The Hall–Kier alpha value is -3.00. The molecule has 0 atom stereocenters. The van der Waals surface area contributed by atoms with E-state index in [1.54, 1.807) is 18.2 Å². The van der Waals surface area contributed by atoms with Gasteiger partial charge in [0, 0.05) is 37.6 Å². The Labute approximate surface area is 166 Å². The number of ether oxygens (including phenoxy) is 3. The van der Waals surface area contributed by atoms with Gasteiger partial charge in [0.15, 0.2) is 18.1 Å². The number of aromatic nitrogens is 1. The third-order valence-corrected chi connectivity index (χ3v) is 5.81. The van der Waals surface area contributed by atoms with Gasteiger partial charge in [0.25, 0.3) is 5.91 Å². The molecule has 0 radical (unpaired) electrons. The lowest BCUT2D eigenvalue weighted by atomic mass is 10.2. The van der Waals surface area contributed by atoms with Gasteiger partial charge in [-0.15, -0.1) is 0 Å². The number of amides is 1. The molecule has 0 aliphatic carbocycles. The number of carbonyl (C=O) groups is 1. The second kappa shape index (κ2) is 7.20. The summed E-state index contributed by atoms with van der Waals surface area (Å²) in [7, 11) is 0. The Morgan fingerprint density at radius 1 is 1.07 bits per heavy atom. The number of rotatable bonds is 4. The van der Waals surface area contributed by atoms with E-state index in [-0.39, 0.29) is 19.3 Å². The summed E-state index contributed by atoms with van der Waals surface area (Å²) in [6, 6.07) is 13.6. The van der Waals surface area contributed by atoms with E-state index in [1.807, 2.05) is 17.0 Å². The summed E-state index contributed by atoms with van der Waals surface area (Å²) in [5.41, 5.74) is 0. The number of hydrogen-bond acceptors (Lipinski definition) is 7. The minimum Gasteiger partial charge on any atom is -0.484 e. The quantitative estimate of drug-likeness (QED) is 0.675. The predicted molar refractivity (Wildman–Crippen MR) is 106 cm³/mol. The number of piperazine rings is 1. The number of benzene rings is 2. The Bertz CT molecular complexity index is 1010. The number of nitrogens with zero attached hydrogens (tertiary/aromatic N) is 3. The molecule has 5 rings (SSSR count). The first-order valence-corrected chi connectivity index (χ1v) is 9.95. The van der Waals surface area contributed by atoms with Crippen molar-refractivity contribution in [3.63, 3.8) is 0 Å². The summed E-state index contributed by atoms with van der Waals surface area (Å²) in [6.07, 6.45) is 0. The van der Waals surface area contributed by atoms with Crippen molar-refractivity contribution in [2.24, 2.45) is 0 Å². The lowest BCUT2D eigenvalue weighted by Gasteiger charge is -2.35. The predicted octanol–water partition coefficient (Wildman–Crippen LogP) is 2.75. The van der Waals surface area contributed by atoms with Gasteiger partial charge in [0.1, 0.15) is 11.6 Å². The summed E-state index contributed by atoms with van der Waals surface area (Å²) in [5, 5.41) is 1.18. The molecule has 28 heavy (non-hydrogen) atoms. The monoisotopic (exact) mass is 397 g/mol. The normalized spacial score (nSPS) is 15.9. The average molecular weight is 397 g/mol. The molecule has 0 spiro atoms. The summed E-state index contributed by atoms with van der Waals surface area (Å²) in [5.74, 6) is 2.95. The van der Waals surface area contributed by atoms with Gasteiger partial charge < -0.3 is 24.0 Å². The van der Waals surface area contributed by atoms with Crippen LogP contribution in [0.3, 0.4) is 0 Å². The molecule has 0 bridgehead atoms. The summed E-state index contributed by atoms with van der Waals surface area (Å²) >= 11 is 1.52. The first kappa shape index (κ1) is 17.1. The van der Waals surface area contributed by atoms with E-state index in [1.165, 1.54) is 21.6 Å². The molecule has 0 unspecified atom stereocenters. The van der Waals surface area contributed by atoms with Crippen LogP contribution in [0.1, 0.15) is 0 Å². The highest BCUT2D eigenvalue weighted by molar-refractivity contribution is 7.13. The van der Waals surface area contributed by atoms with Crippen molar-refractivity contribution in [2.45, 2.75) is 0 Å². The van der Waals surface area contributed by atoms with Gasteiger partial charge >= 0.3 is 0 Å². The Morgan fingerprint density at radius 2 is 1.89 bits per heavy atom. The molecule has 0 saturated carbocycles. The molecule has 8 heteroatoms. The number of fused-ring (bicyclic) bond motifs is 2. The van der Waals surface area contributed by atoms with Crippen molar-refractivity contribution in [1.29, 1.82) is 0 Å². The van der Waals surface area contributed by atoms with Gasteiger partial charge in [-0.25, -0.2) is 0 Å². The van der Waals surface area contributed by atoms with Crippen LogP contribution < -0.4 is 19.1 Å². The molecule has 1 fully saturated rings. The summed E-state index contributed by atoms with van der Waals surface area (Å²) in [6.45, 7) is 3.09. The number of carbonyl (C=O) groups excluding carboxylic acids is 1. The summed E-state index contributed by atoms with van der Waals surface area (Å²) < 4.78 is 22.1. The first-order chi connectivity index (χ1) is 13.8. The van der Waals surface area contributed by atoms with Gasteiger partial charge in [-0.05, 0) is 35.8 Å². The zero-order chi connectivity index (χ0) is 18.9. The third-order valence-electron chi connectivity index (χ3n) is 5.00. The van der Waals surface area contributed by atoms with Gasteiger partial charge in [0.05, 0.1) is 4.70 Å². The second-order valence-corrected chi connectivity index (χ2v) is 7.48. The van der Waals surface area contributed by atoms with Crippen molar-refractivity contribution < 1.29 is 19.0 Å². The standard InChI is InChI=1S/C20H19N3O4S/c24-19(12-25-14-5-6-16-17(11-14)27-13-26-16)22-7-9-23(10-8-22)20-15-3-1-2-4-18(15)28-21-20/h1-6,11H,7-10,12-13H2. The van der Waals surface area contributed by atoms with Crippen LogP contribution in [-0.2, 0) is 4.79 Å². The maximum absolute atomic E-state index is 12.5. The van der Waals surface area contributed by atoms with Crippen molar-refractivity contribution in [3.8, 4) is 17.2 Å². The molecule has 2 aliphatic rings. The fourth-order valence-corrected chi connectivity index (χ4v) is 4.27. The molecular weight excluding hydrogens is 378 g/mol. The first-order valence-electron chi connectivity index (χ1n) is 9.17. The highest BCUT2D eigenvalue weighted by Gasteiger charge is 2.24. The van der Waals surface area contributed by atoms with Crippen LogP contribution in [0, 0.1) is 0 Å². The van der Waals surface area contributed by atoms with Gasteiger partial charge in [-0.3, -0.25) is 4.79 Å². The zero-order valence-electron chi connectivity index (χ0n) is 15.2.